The zero-order valence-electron chi connectivity index (χ0n) is 22.5. The summed E-state index contributed by atoms with van der Waals surface area (Å²) >= 11 is 0. The Kier molecular flexibility index (Phi) is 3.99. The summed E-state index contributed by atoms with van der Waals surface area (Å²) in [5.41, 5.74) is 7.74. The van der Waals surface area contributed by atoms with Crippen LogP contribution in [0.4, 0.5) is 0 Å². The Morgan fingerprint density at radius 2 is 1.90 bits per heavy atom. The fraction of sp³-hybridized carbons (Fsp3) is 0.576. The van der Waals surface area contributed by atoms with Crippen LogP contribution in [0.15, 0.2) is 30.4 Å². The summed E-state index contributed by atoms with van der Waals surface area (Å²) in [6, 6.07) is 7.35. The third kappa shape index (κ3) is 2.33. The smallest absolute Gasteiger partial charge is 0.165 e. The Bertz CT molecular complexity index is 1500. The van der Waals surface area contributed by atoms with E-state index in [2.05, 4.69) is 35.5 Å². The van der Waals surface area contributed by atoms with Crippen LogP contribution in [0.5, 0.6) is 17.2 Å². The van der Waals surface area contributed by atoms with Crippen molar-refractivity contribution < 1.29 is 19.7 Å². The quantitative estimate of drug-likeness (QED) is 0.496. The molecule has 3 fully saturated rings. The third-order valence-corrected chi connectivity index (χ3v) is 12.7. The lowest BCUT2D eigenvalue weighted by molar-refractivity contribution is -0.0452. The molecule has 1 unspecified atom stereocenters. The van der Waals surface area contributed by atoms with Crippen LogP contribution in [-0.2, 0) is 23.7 Å². The Morgan fingerprint density at radius 3 is 2.82 bits per heavy atom. The lowest BCUT2D eigenvalue weighted by atomic mass is 9.51. The summed E-state index contributed by atoms with van der Waals surface area (Å²) < 4.78 is 13.3. The van der Waals surface area contributed by atoms with Gasteiger partial charge in [-0.3, -0.25) is 0 Å². The number of hydrogen-bond donors (Lipinski definition) is 3. The number of piperidine rings is 2. The monoisotopic (exact) mass is 524 g/mol. The second kappa shape index (κ2) is 7.02. The number of hydrogen-bond acceptors (Lipinski definition) is 6. The highest BCUT2D eigenvalue weighted by Crippen LogP contribution is 2.66. The number of rotatable bonds is 1. The molecular weight excluding hydrogens is 488 g/mol. The summed E-state index contributed by atoms with van der Waals surface area (Å²) in [5, 5.41) is 26.5. The molecule has 10 rings (SSSR count). The SMILES string of the molecule is CN1CC[C@]23c4c5c(-c6ccc7c8c6C[C@H]6NCC[C@@]89C(CCC[C@@H]69)O7)cc(O)c4O[C@H]2[C@@H](O)C=C[C@H]3[C@H]1C5. The lowest BCUT2D eigenvalue weighted by Crippen LogP contribution is -2.64. The van der Waals surface area contributed by atoms with Gasteiger partial charge in [-0.15, -0.1) is 0 Å². The van der Waals surface area contributed by atoms with E-state index in [4.69, 9.17) is 9.47 Å². The van der Waals surface area contributed by atoms with E-state index in [-0.39, 0.29) is 28.6 Å². The van der Waals surface area contributed by atoms with Crippen LogP contribution in [-0.4, -0.2) is 65.6 Å². The van der Waals surface area contributed by atoms with Gasteiger partial charge >= 0.3 is 0 Å². The van der Waals surface area contributed by atoms with Crippen molar-refractivity contribution >= 4 is 0 Å². The highest BCUT2D eigenvalue weighted by Gasteiger charge is 2.65. The number of aliphatic hydroxyl groups excluding tert-OH is 1. The first kappa shape index (κ1) is 22.2. The van der Waals surface area contributed by atoms with E-state index < -0.39 is 6.10 Å². The molecule has 2 spiro atoms. The Hall–Kier alpha value is -2.54. The van der Waals surface area contributed by atoms with Gasteiger partial charge in [-0.25, -0.2) is 0 Å². The second-order valence-corrected chi connectivity index (χ2v) is 13.8. The van der Waals surface area contributed by atoms with Gasteiger partial charge in [0.05, 0.1) is 0 Å². The summed E-state index contributed by atoms with van der Waals surface area (Å²) in [5.74, 6) is 2.89. The number of ether oxygens (including phenoxy) is 2. The summed E-state index contributed by atoms with van der Waals surface area (Å²) in [6.07, 6.45) is 11.2. The maximum atomic E-state index is 11.5. The van der Waals surface area contributed by atoms with E-state index in [1.165, 1.54) is 46.2 Å². The van der Waals surface area contributed by atoms with Gasteiger partial charge in [-0.2, -0.15) is 0 Å². The number of nitrogens with one attached hydrogen (secondary N) is 1. The van der Waals surface area contributed by atoms with Crippen molar-refractivity contribution in [1.29, 1.82) is 0 Å². The van der Waals surface area contributed by atoms with E-state index in [0.29, 0.717) is 29.9 Å². The predicted molar refractivity (Wildman–Crippen MR) is 147 cm³/mol. The van der Waals surface area contributed by atoms with Gasteiger partial charge in [-0.1, -0.05) is 18.2 Å². The number of nitrogens with zero attached hydrogens (tertiary/aromatic N) is 1. The van der Waals surface area contributed by atoms with Crippen molar-refractivity contribution in [2.75, 3.05) is 20.1 Å². The van der Waals surface area contributed by atoms with E-state index in [1.54, 1.807) is 0 Å². The van der Waals surface area contributed by atoms with Crippen molar-refractivity contribution in [3.05, 3.63) is 52.6 Å². The number of likely N-dealkylation sites (tertiary alicyclic amines) is 1. The maximum Gasteiger partial charge on any atom is 0.165 e. The maximum absolute atomic E-state index is 11.5. The molecule has 39 heavy (non-hydrogen) atoms. The van der Waals surface area contributed by atoms with Crippen LogP contribution in [0.25, 0.3) is 11.1 Å². The standard InChI is InChI=1S/C33H36N2O4/c1-35-12-10-33-21-6-7-24(36)31(33)39-30-25(37)15-17(19(29(30)33)14-23(21)35)16-5-8-26-28-18(16)13-22-20-3-2-4-27(38-26)32(20,28)9-11-34-22/h5-8,15,20-24,27,31,34,36-37H,2-4,9-14H2,1H3/t20-,21-,22+,23+,24-,27?,31-,32+,33-/m0/s1. The minimum Gasteiger partial charge on any atom is -0.504 e. The largest absolute Gasteiger partial charge is 0.504 e. The van der Waals surface area contributed by atoms with Crippen LogP contribution in [0, 0.1) is 11.8 Å². The molecule has 6 nitrogen and oxygen atoms in total. The van der Waals surface area contributed by atoms with Crippen molar-refractivity contribution in [2.45, 2.75) is 86.2 Å². The molecule has 4 bridgehead atoms. The average Bonchev–Trinajstić information content (AvgIpc) is 3.45. The minimum atomic E-state index is -0.658. The fourth-order valence-corrected chi connectivity index (χ4v) is 11.3. The second-order valence-electron chi connectivity index (χ2n) is 13.8. The van der Waals surface area contributed by atoms with Gasteiger partial charge in [0.2, 0.25) is 0 Å². The predicted octanol–water partition coefficient (Wildman–Crippen LogP) is 3.58. The molecule has 3 N–H and O–H groups in total. The first-order valence-corrected chi connectivity index (χ1v) is 15.2. The molecule has 2 aromatic rings. The summed E-state index contributed by atoms with van der Waals surface area (Å²) in [6.45, 7) is 2.05. The van der Waals surface area contributed by atoms with Crippen molar-refractivity contribution in [3.63, 3.8) is 0 Å². The summed E-state index contributed by atoms with van der Waals surface area (Å²) in [4.78, 5) is 2.51. The van der Waals surface area contributed by atoms with Crippen molar-refractivity contribution in [1.82, 2.24) is 10.2 Å². The van der Waals surface area contributed by atoms with Gasteiger partial charge in [0.1, 0.15) is 24.1 Å². The van der Waals surface area contributed by atoms with Crippen LogP contribution >= 0.6 is 0 Å². The van der Waals surface area contributed by atoms with Crippen molar-refractivity contribution in [3.8, 4) is 28.4 Å². The molecule has 8 aliphatic rings. The van der Waals surface area contributed by atoms with Gasteiger partial charge in [0.25, 0.3) is 0 Å². The fourth-order valence-electron chi connectivity index (χ4n) is 11.3. The molecule has 9 atom stereocenters. The Labute approximate surface area is 229 Å². The number of phenols is 1. The first-order chi connectivity index (χ1) is 19.0. The number of aliphatic hydroxyl groups is 1. The molecule has 4 heterocycles. The molecule has 1 saturated carbocycles. The Morgan fingerprint density at radius 1 is 1.00 bits per heavy atom. The lowest BCUT2D eigenvalue weighted by Gasteiger charge is -2.57. The number of phenolic OH excluding ortho intramolecular Hbond substituents is 1. The molecule has 202 valence electrons. The highest BCUT2D eigenvalue weighted by atomic mass is 16.5. The van der Waals surface area contributed by atoms with Gasteiger partial charge in [-0.05, 0) is 105 Å². The van der Waals surface area contributed by atoms with Gasteiger partial charge in [0.15, 0.2) is 11.5 Å². The summed E-state index contributed by atoms with van der Waals surface area (Å²) in [7, 11) is 2.25. The van der Waals surface area contributed by atoms with Gasteiger partial charge < -0.3 is 29.9 Å². The molecule has 4 aliphatic carbocycles. The van der Waals surface area contributed by atoms with E-state index >= 15 is 0 Å². The van der Waals surface area contributed by atoms with Crippen molar-refractivity contribution in [2.24, 2.45) is 11.8 Å². The number of aromatic hydroxyl groups is 1. The van der Waals surface area contributed by atoms with Crippen LogP contribution in [0.1, 0.15) is 54.4 Å². The molecule has 0 radical (unpaired) electrons. The molecule has 2 saturated heterocycles. The normalized spacial score (nSPS) is 43.4. The van der Waals surface area contributed by atoms with Crippen LogP contribution < -0.4 is 14.8 Å². The molecular formula is C33H36N2O4. The third-order valence-electron chi connectivity index (χ3n) is 12.7. The van der Waals surface area contributed by atoms with Crippen LogP contribution in [0.3, 0.4) is 0 Å². The van der Waals surface area contributed by atoms with E-state index in [9.17, 15) is 10.2 Å². The van der Waals surface area contributed by atoms with E-state index in [0.717, 1.165) is 50.9 Å². The number of benzene rings is 2. The Balaban J connectivity index is 1.24. The molecule has 6 heteroatoms. The molecule has 0 aromatic heterocycles. The van der Waals surface area contributed by atoms with Crippen LogP contribution in [0.2, 0.25) is 0 Å². The average molecular weight is 525 g/mol. The van der Waals surface area contributed by atoms with E-state index in [1.807, 2.05) is 12.1 Å². The molecule has 2 aromatic carbocycles. The highest BCUT2D eigenvalue weighted by molar-refractivity contribution is 5.81. The molecule has 0 amide bonds. The zero-order chi connectivity index (χ0) is 25.8. The minimum absolute atomic E-state index is 0.135. The first-order valence-electron chi connectivity index (χ1n) is 15.2. The number of likely N-dealkylation sites (N-methyl/N-ethyl adjacent to an activating group) is 1. The zero-order valence-corrected chi connectivity index (χ0v) is 22.5. The topological polar surface area (TPSA) is 74.2 Å². The molecule has 4 aliphatic heterocycles. The van der Waals surface area contributed by atoms with Gasteiger partial charge in [0, 0.05) is 40.0 Å².